The molecule has 0 spiro atoms. The van der Waals surface area contributed by atoms with Crippen molar-refractivity contribution in [2.24, 2.45) is 11.8 Å². The van der Waals surface area contributed by atoms with Gasteiger partial charge in [0.1, 0.15) is 0 Å². The summed E-state index contributed by atoms with van der Waals surface area (Å²) in [6.07, 6.45) is 0. The molecule has 0 radical (unpaired) electrons. The molecule has 0 aromatic heterocycles. The molecule has 0 bridgehead atoms. The lowest BCUT2D eigenvalue weighted by molar-refractivity contribution is 0.457. The van der Waals surface area contributed by atoms with Crippen molar-refractivity contribution >= 4 is 0 Å². The zero-order valence-corrected chi connectivity index (χ0v) is 9.15. The van der Waals surface area contributed by atoms with Crippen molar-refractivity contribution in [2.45, 2.75) is 62.8 Å². The van der Waals surface area contributed by atoms with Gasteiger partial charge in [0.25, 0.3) is 0 Å². The predicted molar refractivity (Wildman–Crippen MR) is 59.1 cm³/mol. The van der Waals surface area contributed by atoms with E-state index in [4.69, 9.17) is 0 Å². The standard InChI is InChI=1S/C6H14.2C2H6.CH4/c1-5(2)6(3)4;2*1-2;/h5-6H,1-4H3;2*1-2H3;1H4. The molecule has 74 valence electrons. The molecular formula is C11H30. The normalized spacial score (nSPS) is 7.09. The van der Waals surface area contributed by atoms with Crippen molar-refractivity contribution < 1.29 is 0 Å². The minimum atomic E-state index is 0. The molecule has 0 nitrogen and oxygen atoms in total. The van der Waals surface area contributed by atoms with Crippen LogP contribution < -0.4 is 0 Å². The molecule has 0 aliphatic carbocycles. The Balaban J connectivity index is -0.0000000428. The molecule has 11 heavy (non-hydrogen) atoms. The van der Waals surface area contributed by atoms with Crippen LogP contribution in [0.15, 0.2) is 0 Å². The molecular weight excluding hydrogens is 132 g/mol. The van der Waals surface area contributed by atoms with Gasteiger partial charge in [0.2, 0.25) is 0 Å². The molecule has 0 amide bonds. The molecule has 0 saturated carbocycles. The molecule has 0 unspecified atom stereocenters. The topological polar surface area (TPSA) is 0 Å². The van der Waals surface area contributed by atoms with Crippen LogP contribution in [-0.2, 0) is 0 Å². The predicted octanol–water partition coefficient (Wildman–Crippen LogP) is 4.99. The SMILES string of the molecule is C.CC.CC.CC(C)C(C)C. The van der Waals surface area contributed by atoms with Crippen molar-refractivity contribution in [3.8, 4) is 0 Å². The first kappa shape index (κ1) is 22.4. The summed E-state index contributed by atoms with van der Waals surface area (Å²) < 4.78 is 0. The van der Waals surface area contributed by atoms with Crippen molar-refractivity contribution in [2.75, 3.05) is 0 Å². The first-order chi connectivity index (χ1) is 4.64. The largest absolute Gasteiger partial charge is 0.0776 e. The van der Waals surface area contributed by atoms with Crippen LogP contribution in [0.4, 0.5) is 0 Å². The van der Waals surface area contributed by atoms with Crippen LogP contribution >= 0.6 is 0 Å². The third-order valence-corrected chi connectivity index (χ3v) is 1.33. The van der Waals surface area contributed by atoms with Gasteiger partial charge >= 0.3 is 0 Å². The van der Waals surface area contributed by atoms with Gasteiger partial charge in [-0.3, -0.25) is 0 Å². The van der Waals surface area contributed by atoms with Gasteiger partial charge in [-0.1, -0.05) is 62.8 Å². The molecule has 0 fully saturated rings. The summed E-state index contributed by atoms with van der Waals surface area (Å²) in [5, 5.41) is 0. The average molecular weight is 162 g/mol. The quantitative estimate of drug-likeness (QED) is 0.509. The minimum Gasteiger partial charge on any atom is -0.0776 e. The first-order valence-electron chi connectivity index (χ1n) is 4.64. The van der Waals surface area contributed by atoms with Crippen LogP contribution in [0.25, 0.3) is 0 Å². The fourth-order valence-electron chi connectivity index (χ4n) is 0. The second-order valence-electron chi connectivity index (χ2n) is 2.49. The van der Waals surface area contributed by atoms with Crippen LogP contribution in [0, 0.1) is 11.8 Å². The fourth-order valence-corrected chi connectivity index (χ4v) is 0. The van der Waals surface area contributed by atoms with E-state index in [0.717, 1.165) is 11.8 Å². The molecule has 0 aliphatic heterocycles. The molecule has 0 N–H and O–H groups in total. The van der Waals surface area contributed by atoms with Crippen LogP contribution in [0.5, 0.6) is 0 Å². The molecule has 0 heterocycles. The van der Waals surface area contributed by atoms with Gasteiger partial charge in [-0.2, -0.15) is 0 Å². The maximum atomic E-state index is 2.24. The van der Waals surface area contributed by atoms with E-state index in [-0.39, 0.29) is 7.43 Å². The smallest absolute Gasteiger partial charge is 0.0448 e. The Labute approximate surface area is 75.4 Å². The van der Waals surface area contributed by atoms with E-state index in [0.29, 0.717) is 0 Å². The van der Waals surface area contributed by atoms with Crippen molar-refractivity contribution in [3.63, 3.8) is 0 Å². The van der Waals surface area contributed by atoms with Gasteiger partial charge in [-0.05, 0) is 11.8 Å². The highest BCUT2D eigenvalue weighted by Crippen LogP contribution is 2.05. The highest BCUT2D eigenvalue weighted by molar-refractivity contribution is 4.46. The second-order valence-corrected chi connectivity index (χ2v) is 2.49. The van der Waals surface area contributed by atoms with Crippen LogP contribution in [0.2, 0.25) is 0 Å². The Morgan fingerprint density at radius 1 is 0.545 bits per heavy atom. The zero-order valence-electron chi connectivity index (χ0n) is 9.15. The summed E-state index contributed by atoms with van der Waals surface area (Å²) in [6.45, 7) is 17.0. The molecule has 0 aromatic carbocycles. The van der Waals surface area contributed by atoms with E-state index in [9.17, 15) is 0 Å². The minimum absolute atomic E-state index is 0. The fraction of sp³-hybridized carbons (Fsp3) is 1.00. The summed E-state index contributed by atoms with van der Waals surface area (Å²) in [6, 6.07) is 0. The lowest BCUT2D eigenvalue weighted by atomic mass is 10.0. The van der Waals surface area contributed by atoms with Crippen LogP contribution in [0.1, 0.15) is 62.8 Å². The third-order valence-electron chi connectivity index (χ3n) is 1.33. The van der Waals surface area contributed by atoms with Gasteiger partial charge in [-0.25, -0.2) is 0 Å². The molecule has 0 rings (SSSR count). The molecule has 0 heteroatoms. The Hall–Kier alpha value is 0. The highest BCUT2D eigenvalue weighted by Gasteiger charge is 1.95. The lowest BCUT2D eigenvalue weighted by Gasteiger charge is -2.05. The Kier molecular flexibility index (Phi) is 45.9. The van der Waals surface area contributed by atoms with Gasteiger partial charge in [0, 0.05) is 0 Å². The third kappa shape index (κ3) is 40.0. The van der Waals surface area contributed by atoms with Crippen molar-refractivity contribution in [1.82, 2.24) is 0 Å². The van der Waals surface area contributed by atoms with Gasteiger partial charge in [0.05, 0.1) is 0 Å². The molecule has 0 saturated heterocycles. The van der Waals surface area contributed by atoms with E-state index in [1.165, 1.54) is 0 Å². The van der Waals surface area contributed by atoms with Crippen LogP contribution in [0.3, 0.4) is 0 Å². The lowest BCUT2D eigenvalue weighted by Crippen LogP contribution is -1.95. The summed E-state index contributed by atoms with van der Waals surface area (Å²) in [5.74, 6) is 1.70. The van der Waals surface area contributed by atoms with E-state index >= 15 is 0 Å². The summed E-state index contributed by atoms with van der Waals surface area (Å²) in [7, 11) is 0. The Morgan fingerprint density at radius 3 is 0.636 bits per heavy atom. The number of hydrogen-bond donors (Lipinski definition) is 0. The maximum absolute atomic E-state index is 2.24. The average Bonchev–Trinajstić information content (AvgIpc) is 1.96. The summed E-state index contributed by atoms with van der Waals surface area (Å²) >= 11 is 0. The molecule has 0 atom stereocenters. The highest BCUT2D eigenvalue weighted by atomic mass is 14.0. The van der Waals surface area contributed by atoms with Gasteiger partial charge < -0.3 is 0 Å². The maximum Gasteiger partial charge on any atom is -0.0448 e. The van der Waals surface area contributed by atoms with E-state index in [1.807, 2.05) is 27.7 Å². The summed E-state index contributed by atoms with van der Waals surface area (Å²) in [5.41, 5.74) is 0. The van der Waals surface area contributed by atoms with Crippen molar-refractivity contribution in [3.05, 3.63) is 0 Å². The Morgan fingerprint density at radius 2 is 0.636 bits per heavy atom. The van der Waals surface area contributed by atoms with Crippen molar-refractivity contribution in [1.29, 1.82) is 0 Å². The monoisotopic (exact) mass is 162 g/mol. The second kappa shape index (κ2) is 22.5. The summed E-state index contributed by atoms with van der Waals surface area (Å²) in [4.78, 5) is 0. The van der Waals surface area contributed by atoms with E-state index in [2.05, 4.69) is 27.7 Å². The number of hydrogen-bond acceptors (Lipinski definition) is 0. The van der Waals surface area contributed by atoms with Gasteiger partial charge in [0.15, 0.2) is 0 Å². The zero-order chi connectivity index (χ0) is 9.15. The Bertz CT molecular complexity index is 21.0. The molecule has 0 aromatic rings. The molecule has 0 aliphatic rings. The number of rotatable bonds is 1. The van der Waals surface area contributed by atoms with Gasteiger partial charge in [-0.15, -0.1) is 0 Å². The first-order valence-corrected chi connectivity index (χ1v) is 4.64. The van der Waals surface area contributed by atoms with E-state index < -0.39 is 0 Å². The van der Waals surface area contributed by atoms with E-state index in [1.54, 1.807) is 0 Å². The van der Waals surface area contributed by atoms with Crippen LogP contribution in [-0.4, -0.2) is 0 Å².